The molecule has 1 amide bonds. The molecule has 1 N–H and O–H groups in total. The number of carbonyl (C=O) groups excluding carboxylic acids is 1. The van der Waals surface area contributed by atoms with Gasteiger partial charge in [0.15, 0.2) is 11.5 Å². The number of aromatic nitrogens is 2. The molecule has 1 aromatic carbocycles. The monoisotopic (exact) mass is 336 g/mol. The van der Waals surface area contributed by atoms with Crippen LogP contribution in [0, 0.1) is 18.3 Å². The molecule has 0 unspecified atom stereocenters. The standard InChI is InChI=1S/C18H20N6O/c1-14-3-2-4-15(11-14)22-17(25)13-23-7-9-24(10-8-23)18-16(12-19)20-5-6-21-18/h2-6,11H,7-10,13H2,1H3,(H,22,25). The van der Waals surface area contributed by atoms with Gasteiger partial charge in [-0.25, -0.2) is 9.97 Å². The molecule has 0 aliphatic carbocycles. The molecule has 1 aliphatic rings. The first kappa shape index (κ1) is 16.9. The average molecular weight is 336 g/mol. The Balaban J connectivity index is 1.52. The van der Waals surface area contributed by atoms with E-state index in [0.717, 1.165) is 24.3 Å². The molecule has 0 radical (unpaired) electrons. The minimum Gasteiger partial charge on any atom is -0.352 e. The lowest BCUT2D eigenvalue weighted by atomic mass is 10.2. The van der Waals surface area contributed by atoms with E-state index in [1.165, 1.54) is 6.20 Å². The van der Waals surface area contributed by atoms with Gasteiger partial charge >= 0.3 is 0 Å². The van der Waals surface area contributed by atoms with E-state index in [2.05, 4.69) is 26.3 Å². The molecule has 0 atom stereocenters. The highest BCUT2D eigenvalue weighted by atomic mass is 16.2. The van der Waals surface area contributed by atoms with Crippen LogP contribution in [0.1, 0.15) is 11.3 Å². The summed E-state index contributed by atoms with van der Waals surface area (Å²) in [6, 6.07) is 9.84. The SMILES string of the molecule is Cc1cccc(NC(=O)CN2CCN(c3nccnc3C#N)CC2)c1. The van der Waals surface area contributed by atoms with E-state index >= 15 is 0 Å². The van der Waals surface area contributed by atoms with Crippen LogP contribution in [0.25, 0.3) is 0 Å². The van der Waals surface area contributed by atoms with Crippen molar-refractivity contribution in [1.82, 2.24) is 14.9 Å². The summed E-state index contributed by atoms with van der Waals surface area (Å²) >= 11 is 0. The third kappa shape index (κ3) is 4.31. The second-order valence-electron chi connectivity index (χ2n) is 6.02. The number of hydrogen-bond donors (Lipinski definition) is 1. The smallest absolute Gasteiger partial charge is 0.238 e. The van der Waals surface area contributed by atoms with Gasteiger partial charge in [0.25, 0.3) is 0 Å². The fraction of sp³-hybridized carbons (Fsp3) is 0.333. The molecule has 2 heterocycles. The second-order valence-corrected chi connectivity index (χ2v) is 6.02. The van der Waals surface area contributed by atoms with Gasteiger partial charge in [0.05, 0.1) is 6.54 Å². The van der Waals surface area contributed by atoms with E-state index in [4.69, 9.17) is 5.26 Å². The number of carbonyl (C=O) groups is 1. The van der Waals surface area contributed by atoms with Crippen LogP contribution in [0.3, 0.4) is 0 Å². The van der Waals surface area contributed by atoms with Crippen LogP contribution in [0.5, 0.6) is 0 Å². The first-order valence-electron chi connectivity index (χ1n) is 8.20. The fourth-order valence-electron chi connectivity index (χ4n) is 2.89. The molecule has 0 spiro atoms. The molecule has 1 aromatic heterocycles. The van der Waals surface area contributed by atoms with Crippen LogP contribution < -0.4 is 10.2 Å². The van der Waals surface area contributed by atoms with Crippen LogP contribution in [0.4, 0.5) is 11.5 Å². The number of rotatable bonds is 4. The normalized spacial score (nSPS) is 14.8. The summed E-state index contributed by atoms with van der Waals surface area (Å²) in [5.74, 6) is 0.602. The highest BCUT2D eigenvalue weighted by Crippen LogP contribution is 2.16. The summed E-state index contributed by atoms with van der Waals surface area (Å²) in [7, 11) is 0. The average Bonchev–Trinajstić information content (AvgIpc) is 2.62. The number of nitriles is 1. The van der Waals surface area contributed by atoms with E-state index < -0.39 is 0 Å². The van der Waals surface area contributed by atoms with Gasteiger partial charge < -0.3 is 10.2 Å². The summed E-state index contributed by atoms with van der Waals surface area (Å²) in [6.07, 6.45) is 3.12. The molecule has 25 heavy (non-hydrogen) atoms. The first-order chi connectivity index (χ1) is 12.2. The Morgan fingerprint density at radius 1 is 1.24 bits per heavy atom. The van der Waals surface area contributed by atoms with E-state index in [0.29, 0.717) is 31.1 Å². The molecule has 7 nitrogen and oxygen atoms in total. The fourth-order valence-corrected chi connectivity index (χ4v) is 2.89. The first-order valence-corrected chi connectivity index (χ1v) is 8.20. The van der Waals surface area contributed by atoms with E-state index in [9.17, 15) is 4.79 Å². The van der Waals surface area contributed by atoms with Crippen molar-refractivity contribution >= 4 is 17.4 Å². The van der Waals surface area contributed by atoms with Crippen molar-refractivity contribution in [3.63, 3.8) is 0 Å². The maximum absolute atomic E-state index is 12.2. The highest BCUT2D eigenvalue weighted by molar-refractivity contribution is 5.92. The topological polar surface area (TPSA) is 85.2 Å². The van der Waals surface area contributed by atoms with E-state index in [1.54, 1.807) is 6.20 Å². The number of aryl methyl sites for hydroxylation is 1. The summed E-state index contributed by atoms with van der Waals surface area (Å²) in [5.41, 5.74) is 2.28. The van der Waals surface area contributed by atoms with Crippen LogP contribution in [-0.2, 0) is 4.79 Å². The van der Waals surface area contributed by atoms with Gasteiger partial charge in [-0.3, -0.25) is 9.69 Å². The van der Waals surface area contributed by atoms with Gasteiger partial charge in [-0.1, -0.05) is 12.1 Å². The molecular weight excluding hydrogens is 316 g/mol. The van der Waals surface area contributed by atoms with Gasteiger partial charge in [-0.05, 0) is 24.6 Å². The quantitative estimate of drug-likeness (QED) is 0.909. The molecular formula is C18H20N6O. The van der Waals surface area contributed by atoms with Crippen LogP contribution in [0.2, 0.25) is 0 Å². The molecule has 1 aliphatic heterocycles. The van der Waals surface area contributed by atoms with Gasteiger partial charge in [-0.2, -0.15) is 5.26 Å². The zero-order chi connectivity index (χ0) is 17.6. The molecule has 0 bridgehead atoms. The molecule has 1 saturated heterocycles. The summed E-state index contributed by atoms with van der Waals surface area (Å²) in [6.45, 7) is 5.26. The third-order valence-corrected chi connectivity index (χ3v) is 4.13. The summed E-state index contributed by atoms with van der Waals surface area (Å²) < 4.78 is 0. The van der Waals surface area contributed by atoms with Gasteiger partial charge in [-0.15, -0.1) is 0 Å². The van der Waals surface area contributed by atoms with Gasteiger partial charge in [0.1, 0.15) is 6.07 Å². The minimum absolute atomic E-state index is 0.0173. The van der Waals surface area contributed by atoms with Crippen LogP contribution in [-0.4, -0.2) is 53.5 Å². The largest absolute Gasteiger partial charge is 0.352 e. The molecule has 128 valence electrons. The zero-order valence-electron chi connectivity index (χ0n) is 14.1. The lowest BCUT2D eigenvalue weighted by Crippen LogP contribution is -2.49. The molecule has 3 rings (SSSR count). The van der Waals surface area contributed by atoms with Crippen LogP contribution in [0.15, 0.2) is 36.7 Å². The minimum atomic E-state index is -0.0173. The third-order valence-electron chi connectivity index (χ3n) is 4.13. The molecule has 2 aromatic rings. The van der Waals surface area contributed by atoms with Crippen LogP contribution >= 0.6 is 0 Å². The number of nitrogens with one attached hydrogen (secondary N) is 1. The predicted octanol–water partition coefficient (Wildman–Crippen LogP) is 1.42. The van der Waals surface area contributed by atoms with Crippen molar-refractivity contribution < 1.29 is 4.79 Å². The number of piperazine rings is 1. The maximum atomic E-state index is 12.2. The van der Waals surface area contributed by atoms with Crippen molar-refractivity contribution in [2.45, 2.75) is 6.92 Å². The summed E-state index contributed by atoms with van der Waals surface area (Å²) in [5, 5.41) is 12.1. The lowest BCUT2D eigenvalue weighted by molar-refractivity contribution is -0.117. The van der Waals surface area contributed by atoms with Crippen molar-refractivity contribution in [2.75, 3.05) is 42.9 Å². The molecule has 1 fully saturated rings. The Bertz CT molecular complexity index is 792. The van der Waals surface area contributed by atoms with Crippen molar-refractivity contribution in [3.05, 3.63) is 47.9 Å². The molecule has 7 heteroatoms. The van der Waals surface area contributed by atoms with Crippen molar-refractivity contribution in [3.8, 4) is 6.07 Å². The van der Waals surface area contributed by atoms with Crippen molar-refractivity contribution in [1.29, 1.82) is 5.26 Å². The Morgan fingerprint density at radius 3 is 2.72 bits per heavy atom. The Labute approximate surface area is 146 Å². The Hall–Kier alpha value is -2.98. The maximum Gasteiger partial charge on any atom is 0.238 e. The number of amides is 1. The number of nitrogens with zero attached hydrogens (tertiary/aromatic N) is 5. The van der Waals surface area contributed by atoms with Gasteiger partial charge in [0.2, 0.25) is 5.91 Å². The zero-order valence-corrected chi connectivity index (χ0v) is 14.1. The summed E-state index contributed by atoms with van der Waals surface area (Å²) in [4.78, 5) is 24.7. The lowest BCUT2D eigenvalue weighted by Gasteiger charge is -2.35. The second kappa shape index (κ2) is 7.73. The Morgan fingerprint density at radius 2 is 2.00 bits per heavy atom. The van der Waals surface area contributed by atoms with Gasteiger partial charge in [0, 0.05) is 44.3 Å². The number of benzene rings is 1. The Kier molecular flexibility index (Phi) is 5.21. The molecule has 0 saturated carbocycles. The van der Waals surface area contributed by atoms with E-state index in [-0.39, 0.29) is 5.91 Å². The predicted molar refractivity (Wildman–Crippen MR) is 95.2 cm³/mol. The number of anilines is 2. The number of hydrogen-bond acceptors (Lipinski definition) is 6. The van der Waals surface area contributed by atoms with Crippen molar-refractivity contribution in [2.24, 2.45) is 0 Å². The van der Waals surface area contributed by atoms with E-state index in [1.807, 2.05) is 36.1 Å². The highest BCUT2D eigenvalue weighted by Gasteiger charge is 2.22.